The summed E-state index contributed by atoms with van der Waals surface area (Å²) in [6.07, 6.45) is -1.13. The highest BCUT2D eigenvalue weighted by Gasteiger charge is 2.14. The molecule has 0 fully saturated rings. The minimum absolute atomic E-state index is 0.0809. The number of hydrazone groups is 1. The molecule has 0 aliphatic rings. The number of hydrogen-bond acceptors (Lipinski definition) is 2. The smallest absolute Gasteiger partial charge is 0.425 e. The maximum absolute atomic E-state index is 10.0. The van der Waals surface area contributed by atoms with E-state index in [2.05, 4.69) is 5.10 Å². The molecule has 2 N–H and O–H groups in total. The first-order valence-corrected chi connectivity index (χ1v) is 3.37. The van der Waals surface area contributed by atoms with Crippen molar-refractivity contribution in [2.45, 2.75) is 27.7 Å². The predicted molar refractivity (Wildman–Crippen MR) is 43.7 cm³/mol. The standard InChI is InChI=1S/C7H14N2O2/c1-5(7(2,3)4)8-9-6(10)11/h9H,1-4H3,(H,10,11). The summed E-state index contributed by atoms with van der Waals surface area (Å²) in [6.45, 7) is 7.69. The van der Waals surface area contributed by atoms with Crippen molar-refractivity contribution >= 4 is 11.8 Å². The van der Waals surface area contributed by atoms with Gasteiger partial charge in [0.15, 0.2) is 0 Å². The van der Waals surface area contributed by atoms with Crippen LogP contribution in [0.3, 0.4) is 0 Å². The predicted octanol–water partition coefficient (Wildman–Crippen LogP) is 1.68. The van der Waals surface area contributed by atoms with Gasteiger partial charge in [-0.05, 0) is 6.92 Å². The van der Waals surface area contributed by atoms with Gasteiger partial charge in [-0.25, -0.2) is 10.2 Å². The summed E-state index contributed by atoms with van der Waals surface area (Å²) in [5.41, 5.74) is 2.64. The van der Waals surface area contributed by atoms with E-state index in [0.29, 0.717) is 0 Å². The molecule has 0 bridgehead atoms. The van der Waals surface area contributed by atoms with Crippen LogP contribution in [0.1, 0.15) is 27.7 Å². The van der Waals surface area contributed by atoms with Crippen molar-refractivity contribution < 1.29 is 9.90 Å². The fraction of sp³-hybridized carbons (Fsp3) is 0.714. The van der Waals surface area contributed by atoms with Crippen LogP contribution in [0.15, 0.2) is 5.10 Å². The molecule has 0 radical (unpaired) electrons. The number of carbonyl (C=O) groups is 1. The lowest BCUT2D eigenvalue weighted by Crippen LogP contribution is -2.23. The quantitative estimate of drug-likeness (QED) is 0.450. The van der Waals surface area contributed by atoms with E-state index >= 15 is 0 Å². The Labute approximate surface area is 66.3 Å². The molecular formula is C7H14N2O2. The van der Waals surface area contributed by atoms with Gasteiger partial charge in [0, 0.05) is 11.1 Å². The van der Waals surface area contributed by atoms with Crippen LogP contribution in [0.4, 0.5) is 4.79 Å². The summed E-state index contributed by atoms with van der Waals surface area (Å²) < 4.78 is 0. The van der Waals surface area contributed by atoms with Gasteiger partial charge < -0.3 is 5.11 Å². The molecule has 0 saturated heterocycles. The molecule has 0 aliphatic carbocycles. The zero-order valence-electron chi connectivity index (χ0n) is 7.30. The van der Waals surface area contributed by atoms with Crippen LogP contribution < -0.4 is 5.43 Å². The minimum atomic E-state index is -1.13. The van der Waals surface area contributed by atoms with Crippen LogP contribution >= 0.6 is 0 Å². The van der Waals surface area contributed by atoms with Gasteiger partial charge in [-0.1, -0.05) is 20.8 Å². The van der Waals surface area contributed by atoms with Gasteiger partial charge in [-0.15, -0.1) is 0 Å². The Morgan fingerprint density at radius 2 is 1.91 bits per heavy atom. The lowest BCUT2D eigenvalue weighted by Gasteiger charge is -2.16. The fourth-order valence-corrected chi connectivity index (χ4v) is 0.299. The van der Waals surface area contributed by atoms with Crippen molar-refractivity contribution in [3.05, 3.63) is 0 Å². The zero-order chi connectivity index (χ0) is 9.07. The first kappa shape index (κ1) is 9.94. The number of nitrogens with one attached hydrogen (secondary N) is 1. The Hall–Kier alpha value is -1.06. The van der Waals surface area contributed by atoms with E-state index in [1.54, 1.807) is 6.92 Å². The van der Waals surface area contributed by atoms with E-state index in [1.165, 1.54) is 0 Å². The van der Waals surface area contributed by atoms with E-state index in [1.807, 2.05) is 26.2 Å². The lowest BCUT2D eigenvalue weighted by atomic mass is 9.91. The van der Waals surface area contributed by atoms with Crippen molar-refractivity contribution in [1.29, 1.82) is 0 Å². The summed E-state index contributed by atoms with van der Waals surface area (Å²) in [5, 5.41) is 11.9. The molecule has 4 nitrogen and oxygen atoms in total. The second-order valence-corrected chi connectivity index (χ2v) is 3.36. The summed E-state index contributed by atoms with van der Waals surface area (Å²) in [6, 6.07) is 0. The third-order valence-corrected chi connectivity index (χ3v) is 1.40. The van der Waals surface area contributed by atoms with E-state index in [9.17, 15) is 4.79 Å². The molecule has 4 heteroatoms. The molecule has 0 aromatic carbocycles. The van der Waals surface area contributed by atoms with E-state index in [-0.39, 0.29) is 5.41 Å². The maximum Gasteiger partial charge on any atom is 0.425 e. The van der Waals surface area contributed by atoms with E-state index in [0.717, 1.165) is 5.71 Å². The van der Waals surface area contributed by atoms with Crippen molar-refractivity contribution in [3.8, 4) is 0 Å². The SMILES string of the molecule is CC(=NNC(=O)O)C(C)(C)C. The number of amides is 1. The highest BCUT2D eigenvalue weighted by atomic mass is 16.4. The molecule has 1 amide bonds. The third-order valence-electron chi connectivity index (χ3n) is 1.40. The summed E-state index contributed by atoms with van der Waals surface area (Å²) in [4.78, 5) is 10.0. The molecule has 0 heterocycles. The summed E-state index contributed by atoms with van der Waals surface area (Å²) in [5.74, 6) is 0. The van der Waals surface area contributed by atoms with E-state index < -0.39 is 6.09 Å². The Kier molecular flexibility index (Phi) is 3.04. The van der Waals surface area contributed by atoms with Crippen LogP contribution in [-0.4, -0.2) is 16.9 Å². The third kappa shape index (κ3) is 4.36. The largest absolute Gasteiger partial charge is 0.464 e. The number of carboxylic acid groups (broad SMARTS) is 1. The average Bonchev–Trinajstić information content (AvgIpc) is 1.80. The molecule has 0 saturated carbocycles. The van der Waals surface area contributed by atoms with Crippen molar-refractivity contribution in [3.63, 3.8) is 0 Å². The first-order valence-electron chi connectivity index (χ1n) is 3.37. The van der Waals surface area contributed by atoms with Crippen LogP contribution in [0, 0.1) is 5.41 Å². The number of rotatable bonds is 1. The first-order chi connectivity index (χ1) is 4.84. The summed E-state index contributed by atoms with van der Waals surface area (Å²) >= 11 is 0. The second-order valence-electron chi connectivity index (χ2n) is 3.36. The fourth-order valence-electron chi connectivity index (χ4n) is 0.299. The molecule has 0 aromatic heterocycles. The normalized spacial score (nSPS) is 12.9. The second kappa shape index (κ2) is 3.37. The highest BCUT2D eigenvalue weighted by molar-refractivity contribution is 5.87. The van der Waals surface area contributed by atoms with Crippen LogP contribution in [-0.2, 0) is 0 Å². The topological polar surface area (TPSA) is 61.7 Å². The molecule has 11 heavy (non-hydrogen) atoms. The molecule has 0 aliphatic heterocycles. The van der Waals surface area contributed by atoms with Crippen LogP contribution in [0.2, 0.25) is 0 Å². The average molecular weight is 158 g/mol. The monoisotopic (exact) mass is 158 g/mol. The van der Waals surface area contributed by atoms with Gasteiger partial charge in [-0.3, -0.25) is 0 Å². The van der Waals surface area contributed by atoms with Crippen molar-refractivity contribution in [2.75, 3.05) is 0 Å². The van der Waals surface area contributed by atoms with Gasteiger partial charge in [-0.2, -0.15) is 5.10 Å². The molecule has 64 valence electrons. The molecule has 0 aromatic rings. The van der Waals surface area contributed by atoms with Gasteiger partial charge >= 0.3 is 6.09 Å². The van der Waals surface area contributed by atoms with Crippen LogP contribution in [0.25, 0.3) is 0 Å². The number of nitrogens with zero attached hydrogens (tertiary/aromatic N) is 1. The van der Waals surface area contributed by atoms with Crippen molar-refractivity contribution in [2.24, 2.45) is 10.5 Å². The molecular weight excluding hydrogens is 144 g/mol. The Morgan fingerprint density at radius 1 is 1.45 bits per heavy atom. The molecule has 0 atom stereocenters. The lowest BCUT2D eigenvalue weighted by molar-refractivity contribution is 0.195. The molecule has 0 rings (SSSR count). The van der Waals surface area contributed by atoms with Crippen LogP contribution in [0.5, 0.6) is 0 Å². The van der Waals surface area contributed by atoms with E-state index in [4.69, 9.17) is 5.11 Å². The van der Waals surface area contributed by atoms with Gasteiger partial charge in [0.05, 0.1) is 0 Å². The van der Waals surface area contributed by atoms with Gasteiger partial charge in [0.25, 0.3) is 0 Å². The molecule has 0 spiro atoms. The van der Waals surface area contributed by atoms with Gasteiger partial charge in [0.1, 0.15) is 0 Å². The Bertz CT molecular complexity index is 179. The zero-order valence-corrected chi connectivity index (χ0v) is 7.30. The highest BCUT2D eigenvalue weighted by Crippen LogP contribution is 2.14. The Morgan fingerprint density at radius 3 is 2.18 bits per heavy atom. The number of hydrogen-bond donors (Lipinski definition) is 2. The summed E-state index contributed by atoms with van der Waals surface area (Å²) in [7, 11) is 0. The minimum Gasteiger partial charge on any atom is -0.464 e. The Balaban J connectivity index is 4.12. The maximum atomic E-state index is 10.0. The van der Waals surface area contributed by atoms with Crippen molar-refractivity contribution in [1.82, 2.24) is 5.43 Å². The van der Waals surface area contributed by atoms with Gasteiger partial charge in [0.2, 0.25) is 0 Å². The molecule has 0 unspecified atom stereocenters.